The predicted octanol–water partition coefficient (Wildman–Crippen LogP) is -0.304. The zero-order valence-electron chi connectivity index (χ0n) is 9.22. The Bertz CT molecular complexity index is 618. The van der Waals surface area contributed by atoms with Crippen molar-refractivity contribution in [2.45, 2.75) is 0 Å². The summed E-state index contributed by atoms with van der Waals surface area (Å²) in [6.07, 6.45) is 0. The van der Waals surface area contributed by atoms with E-state index in [4.69, 9.17) is 10.5 Å². The predicted molar refractivity (Wildman–Crippen MR) is 57.5 cm³/mol. The number of benzene rings is 1. The van der Waals surface area contributed by atoms with Crippen molar-refractivity contribution in [1.29, 1.82) is 0 Å². The Morgan fingerprint density at radius 2 is 2.12 bits per heavy atom. The second kappa shape index (κ2) is 3.89. The molecule has 90 valence electrons. The SMILES string of the molecule is COc1cc(F)c(N)cc1-n1nnn(C)c1=O. The van der Waals surface area contributed by atoms with Crippen LogP contribution in [0.3, 0.4) is 0 Å². The van der Waals surface area contributed by atoms with Gasteiger partial charge >= 0.3 is 5.69 Å². The molecule has 0 saturated heterocycles. The molecular weight excluding hydrogens is 229 g/mol. The van der Waals surface area contributed by atoms with Gasteiger partial charge in [0.25, 0.3) is 0 Å². The summed E-state index contributed by atoms with van der Waals surface area (Å²) < 4.78 is 20.2. The van der Waals surface area contributed by atoms with Gasteiger partial charge in [-0.25, -0.2) is 9.18 Å². The lowest BCUT2D eigenvalue weighted by Crippen LogP contribution is -2.22. The van der Waals surface area contributed by atoms with E-state index in [-0.39, 0.29) is 17.1 Å². The van der Waals surface area contributed by atoms with Gasteiger partial charge in [-0.2, -0.15) is 9.36 Å². The average Bonchev–Trinajstić information content (AvgIpc) is 2.63. The highest BCUT2D eigenvalue weighted by Crippen LogP contribution is 2.26. The van der Waals surface area contributed by atoms with Crippen molar-refractivity contribution < 1.29 is 9.13 Å². The molecule has 0 aliphatic carbocycles. The van der Waals surface area contributed by atoms with Crippen molar-refractivity contribution in [3.8, 4) is 11.4 Å². The summed E-state index contributed by atoms with van der Waals surface area (Å²) in [6.45, 7) is 0. The van der Waals surface area contributed by atoms with E-state index >= 15 is 0 Å². The summed E-state index contributed by atoms with van der Waals surface area (Å²) in [5.41, 5.74) is 5.10. The van der Waals surface area contributed by atoms with Crippen LogP contribution in [-0.2, 0) is 7.05 Å². The maximum Gasteiger partial charge on any atom is 0.368 e. The van der Waals surface area contributed by atoms with Gasteiger partial charge in [0, 0.05) is 13.1 Å². The molecule has 0 radical (unpaired) electrons. The number of anilines is 1. The van der Waals surface area contributed by atoms with Crippen LogP contribution in [0, 0.1) is 5.82 Å². The number of rotatable bonds is 2. The van der Waals surface area contributed by atoms with Crippen molar-refractivity contribution in [3.63, 3.8) is 0 Å². The second-order valence-electron chi connectivity index (χ2n) is 3.34. The average molecular weight is 239 g/mol. The molecule has 0 fully saturated rings. The first-order chi connectivity index (χ1) is 8.04. The van der Waals surface area contributed by atoms with Gasteiger partial charge in [-0.05, 0) is 16.5 Å². The lowest BCUT2D eigenvalue weighted by Gasteiger charge is -2.08. The van der Waals surface area contributed by atoms with Crippen molar-refractivity contribution >= 4 is 5.69 Å². The van der Waals surface area contributed by atoms with Crippen LogP contribution in [-0.4, -0.2) is 26.9 Å². The first-order valence-electron chi connectivity index (χ1n) is 4.67. The quantitative estimate of drug-likeness (QED) is 0.726. The van der Waals surface area contributed by atoms with Crippen LogP contribution >= 0.6 is 0 Å². The molecule has 7 nitrogen and oxygen atoms in total. The van der Waals surface area contributed by atoms with Crippen LogP contribution in [0.1, 0.15) is 0 Å². The third-order valence-electron chi connectivity index (χ3n) is 2.25. The Hall–Kier alpha value is -2.38. The summed E-state index contributed by atoms with van der Waals surface area (Å²) in [5.74, 6) is -0.471. The molecule has 0 amide bonds. The summed E-state index contributed by atoms with van der Waals surface area (Å²) >= 11 is 0. The maximum atomic E-state index is 13.2. The zero-order valence-corrected chi connectivity index (χ0v) is 9.22. The van der Waals surface area contributed by atoms with Crippen molar-refractivity contribution in [3.05, 3.63) is 28.4 Å². The number of ether oxygens (including phenoxy) is 1. The molecule has 2 N–H and O–H groups in total. The van der Waals surface area contributed by atoms with Gasteiger partial charge in [0.2, 0.25) is 0 Å². The molecule has 0 unspecified atom stereocenters. The van der Waals surface area contributed by atoms with Crippen LogP contribution in [0.15, 0.2) is 16.9 Å². The number of nitrogen functional groups attached to an aromatic ring is 1. The maximum absolute atomic E-state index is 13.2. The number of nitrogens with two attached hydrogens (primary N) is 1. The second-order valence-corrected chi connectivity index (χ2v) is 3.34. The highest BCUT2D eigenvalue weighted by Gasteiger charge is 2.14. The molecule has 0 atom stereocenters. The Morgan fingerprint density at radius 1 is 1.41 bits per heavy atom. The van der Waals surface area contributed by atoms with Gasteiger partial charge in [-0.1, -0.05) is 0 Å². The van der Waals surface area contributed by atoms with E-state index in [0.717, 1.165) is 15.4 Å². The minimum atomic E-state index is -0.623. The number of aromatic nitrogens is 4. The standard InChI is InChI=1S/C9H10FN5O2/c1-14-9(16)15(13-12-14)7-4-6(11)5(10)3-8(7)17-2/h3-4H,11H2,1-2H3. The van der Waals surface area contributed by atoms with Gasteiger partial charge in [-0.3, -0.25) is 0 Å². The summed E-state index contributed by atoms with van der Waals surface area (Å²) in [6, 6.07) is 2.36. The summed E-state index contributed by atoms with van der Waals surface area (Å²) in [7, 11) is 2.81. The van der Waals surface area contributed by atoms with E-state index in [1.54, 1.807) is 0 Å². The monoisotopic (exact) mass is 239 g/mol. The van der Waals surface area contributed by atoms with E-state index in [1.807, 2.05) is 0 Å². The number of hydrogen-bond donors (Lipinski definition) is 1. The molecule has 0 aliphatic rings. The van der Waals surface area contributed by atoms with Gasteiger partial charge in [0.05, 0.1) is 12.8 Å². The number of nitrogens with zero attached hydrogens (tertiary/aromatic N) is 4. The van der Waals surface area contributed by atoms with E-state index < -0.39 is 11.5 Å². The lowest BCUT2D eigenvalue weighted by molar-refractivity contribution is 0.407. The largest absolute Gasteiger partial charge is 0.494 e. The lowest BCUT2D eigenvalue weighted by atomic mass is 10.2. The molecule has 17 heavy (non-hydrogen) atoms. The minimum Gasteiger partial charge on any atom is -0.494 e. The number of hydrogen-bond acceptors (Lipinski definition) is 5. The third-order valence-corrected chi connectivity index (χ3v) is 2.25. The van der Waals surface area contributed by atoms with Crippen LogP contribution in [0.4, 0.5) is 10.1 Å². The van der Waals surface area contributed by atoms with Crippen molar-refractivity contribution in [2.75, 3.05) is 12.8 Å². The third kappa shape index (κ3) is 1.73. The van der Waals surface area contributed by atoms with Crippen LogP contribution in [0.2, 0.25) is 0 Å². The molecule has 1 heterocycles. The van der Waals surface area contributed by atoms with E-state index in [1.165, 1.54) is 20.2 Å². The molecule has 1 aromatic heterocycles. The molecule has 1 aromatic carbocycles. The van der Waals surface area contributed by atoms with E-state index in [0.29, 0.717) is 0 Å². The molecule has 0 aliphatic heterocycles. The first kappa shape index (κ1) is 11.1. The van der Waals surface area contributed by atoms with Crippen LogP contribution in [0.25, 0.3) is 5.69 Å². The number of tetrazole rings is 1. The first-order valence-corrected chi connectivity index (χ1v) is 4.67. The fourth-order valence-electron chi connectivity index (χ4n) is 1.35. The number of methoxy groups -OCH3 is 1. The van der Waals surface area contributed by atoms with E-state index in [9.17, 15) is 9.18 Å². The number of halogens is 1. The molecule has 0 spiro atoms. The minimum absolute atomic E-state index is 0.0987. The molecular formula is C9H10FN5O2. The van der Waals surface area contributed by atoms with Crippen LogP contribution in [0.5, 0.6) is 5.75 Å². The molecule has 8 heteroatoms. The highest BCUT2D eigenvalue weighted by molar-refractivity contribution is 5.56. The van der Waals surface area contributed by atoms with Crippen molar-refractivity contribution in [2.24, 2.45) is 7.05 Å². The molecule has 2 aromatic rings. The van der Waals surface area contributed by atoms with E-state index in [2.05, 4.69) is 10.4 Å². The molecule has 2 rings (SSSR count). The Morgan fingerprint density at radius 3 is 2.65 bits per heavy atom. The Labute approximate surface area is 95.2 Å². The highest BCUT2D eigenvalue weighted by atomic mass is 19.1. The zero-order chi connectivity index (χ0) is 12.6. The Kier molecular flexibility index (Phi) is 2.54. The topological polar surface area (TPSA) is 88.0 Å². The Balaban J connectivity index is 2.70. The van der Waals surface area contributed by atoms with Gasteiger partial charge in [0.1, 0.15) is 17.3 Å². The molecule has 0 saturated carbocycles. The molecule has 0 bridgehead atoms. The van der Waals surface area contributed by atoms with Gasteiger partial charge in [-0.15, -0.1) is 0 Å². The van der Waals surface area contributed by atoms with Gasteiger partial charge in [0.15, 0.2) is 0 Å². The fourth-order valence-corrected chi connectivity index (χ4v) is 1.35. The van der Waals surface area contributed by atoms with Crippen LogP contribution < -0.4 is 16.2 Å². The van der Waals surface area contributed by atoms with Crippen molar-refractivity contribution in [1.82, 2.24) is 19.8 Å². The number of aryl methyl sites for hydroxylation is 1. The summed E-state index contributed by atoms with van der Waals surface area (Å²) in [5, 5.41) is 7.17. The van der Waals surface area contributed by atoms with Gasteiger partial charge < -0.3 is 10.5 Å². The summed E-state index contributed by atoms with van der Waals surface area (Å²) in [4.78, 5) is 11.6. The fraction of sp³-hybridized carbons (Fsp3) is 0.222. The normalized spacial score (nSPS) is 10.5. The smallest absolute Gasteiger partial charge is 0.368 e.